The lowest BCUT2D eigenvalue weighted by Crippen LogP contribution is -2.25. The summed E-state index contributed by atoms with van der Waals surface area (Å²) in [6.45, 7) is 3.29. The summed E-state index contributed by atoms with van der Waals surface area (Å²) in [6, 6.07) is 12.9. The minimum Gasteiger partial charge on any atom is -0.490 e. The Hall–Kier alpha value is -3.41. The van der Waals surface area contributed by atoms with Crippen molar-refractivity contribution in [1.29, 1.82) is 0 Å². The zero-order chi connectivity index (χ0) is 19.6. The molecular formula is C22H23N3O3. The van der Waals surface area contributed by atoms with Gasteiger partial charge in [-0.05, 0) is 49.2 Å². The molecule has 0 saturated heterocycles. The second-order valence-corrected chi connectivity index (χ2v) is 6.11. The molecule has 2 aromatic heterocycles. The van der Waals surface area contributed by atoms with Crippen LogP contribution in [0.1, 0.15) is 28.4 Å². The Bertz CT molecular complexity index is 886. The number of rotatable bonds is 9. The van der Waals surface area contributed by atoms with Gasteiger partial charge < -0.3 is 14.8 Å². The molecule has 0 aliphatic heterocycles. The van der Waals surface area contributed by atoms with Crippen LogP contribution in [0.25, 0.3) is 0 Å². The third-order valence-electron chi connectivity index (χ3n) is 4.04. The van der Waals surface area contributed by atoms with Crippen LogP contribution in [0.15, 0.2) is 67.3 Å². The number of pyridine rings is 2. The van der Waals surface area contributed by atoms with Crippen molar-refractivity contribution < 1.29 is 14.3 Å². The van der Waals surface area contributed by atoms with Crippen LogP contribution in [0.5, 0.6) is 11.5 Å². The maximum absolute atomic E-state index is 12.5. The van der Waals surface area contributed by atoms with Crippen molar-refractivity contribution in [1.82, 2.24) is 15.3 Å². The van der Waals surface area contributed by atoms with Gasteiger partial charge in [0, 0.05) is 42.5 Å². The fourth-order valence-electron chi connectivity index (χ4n) is 2.65. The Labute approximate surface area is 164 Å². The highest BCUT2D eigenvalue weighted by atomic mass is 16.5. The SMILES string of the molecule is CCOc1cc(C(=O)NCCc2cccnc2)ccc1OCc1cccnc1. The minimum absolute atomic E-state index is 0.149. The van der Waals surface area contributed by atoms with Crippen molar-refractivity contribution in [2.24, 2.45) is 0 Å². The van der Waals surface area contributed by atoms with E-state index < -0.39 is 0 Å². The molecule has 1 amide bonds. The summed E-state index contributed by atoms with van der Waals surface area (Å²) in [5, 5.41) is 2.92. The molecule has 28 heavy (non-hydrogen) atoms. The molecule has 2 heterocycles. The number of nitrogens with one attached hydrogen (secondary N) is 1. The van der Waals surface area contributed by atoms with Crippen LogP contribution in [-0.2, 0) is 13.0 Å². The Balaban J connectivity index is 1.61. The molecule has 0 aliphatic carbocycles. The van der Waals surface area contributed by atoms with Crippen molar-refractivity contribution in [3.63, 3.8) is 0 Å². The van der Waals surface area contributed by atoms with Crippen molar-refractivity contribution in [2.75, 3.05) is 13.2 Å². The molecule has 0 bridgehead atoms. The number of nitrogens with zero attached hydrogens (tertiary/aromatic N) is 2. The van der Waals surface area contributed by atoms with E-state index in [-0.39, 0.29) is 5.91 Å². The molecule has 0 saturated carbocycles. The summed E-state index contributed by atoms with van der Waals surface area (Å²) < 4.78 is 11.5. The fraction of sp³-hybridized carbons (Fsp3) is 0.227. The number of carbonyl (C=O) groups excluding carboxylic acids is 1. The van der Waals surface area contributed by atoms with Crippen LogP contribution in [-0.4, -0.2) is 29.0 Å². The number of benzene rings is 1. The Kier molecular flexibility index (Phi) is 6.95. The molecule has 1 aromatic carbocycles. The molecule has 0 atom stereocenters. The summed E-state index contributed by atoms with van der Waals surface area (Å²) in [4.78, 5) is 20.6. The standard InChI is InChI=1S/C22H23N3O3/c1-2-27-21-13-19(22(26)25-12-9-17-5-3-10-23-14-17)7-8-20(21)28-16-18-6-4-11-24-15-18/h3-8,10-11,13-15H,2,9,12,16H2,1H3,(H,25,26). The summed E-state index contributed by atoms with van der Waals surface area (Å²) >= 11 is 0. The molecule has 1 N–H and O–H groups in total. The van der Waals surface area contributed by atoms with Crippen LogP contribution in [0.4, 0.5) is 0 Å². The molecule has 3 aromatic rings. The first kappa shape index (κ1) is 19.4. The first-order valence-corrected chi connectivity index (χ1v) is 9.22. The Morgan fingerprint density at radius 2 is 1.71 bits per heavy atom. The number of hydrogen-bond acceptors (Lipinski definition) is 5. The molecule has 0 aliphatic rings. The zero-order valence-corrected chi connectivity index (χ0v) is 15.8. The molecule has 0 fully saturated rings. The quantitative estimate of drug-likeness (QED) is 0.618. The van der Waals surface area contributed by atoms with Gasteiger partial charge >= 0.3 is 0 Å². The van der Waals surface area contributed by atoms with Gasteiger partial charge in [-0.3, -0.25) is 14.8 Å². The van der Waals surface area contributed by atoms with Gasteiger partial charge in [0.1, 0.15) is 6.61 Å². The lowest BCUT2D eigenvalue weighted by atomic mass is 10.1. The van der Waals surface area contributed by atoms with Crippen molar-refractivity contribution in [3.05, 3.63) is 83.9 Å². The van der Waals surface area contributed by atoms with Gasteiger partial charge in [-0.1, -0.05) is 12.1 Å². The van der Waals surface area contributed by atoms with Gasteiger partial charge in [0.2, 0.25) is 0 Å². The highest BCUT2D eigenvalue weighted by Gasteiger charge is 2.12. The van der Waals surface area contributed by atoms with Crippen molar-refractivity contribution >= 4 is 5.91 Å². The minimum atomic E-state index is -0.149. The van der Waals surface area contributed by atoms with E-state index in [9.17, 15) is 4.79 Å². The summed E-state index contributed by atoms with van der Waals surface area (Å²) in [7, 11) is 0. The number of ether oxygens (including phenoxy) is 2. The molecule has 0 spiro atoms. The lowest BCUT2D eigenvalue weighted by molar-refractivity contribution is 0.0953. The molecule has 6 heteroatoms. The Morgan fingerprint density at radius 3 is 2.39 bits per heavy atom. The van der Waals surface area contributed by atoms with Gasteiger partial charge in [0.05, 0.1) is 6.61 Å². The van der Waals surface area contributed by atoms with Crippen molar-refractivity contribution in [2.45, 2.75) is 20.0 Å². The summed E-state index contributed by atoms with van der Waals surface area (Å²) in [6.07, 6.45) is 7.73. The fourth-order valence-corrected chi connectivity index (χ4v) is 2.65. The molecule has 3 rings (SSSR count). The van der Waals surface area contributed by atoms with E-state index in [1.54, 1.807) is 43.0 Å². The van der Waals surface area contributed by atoms with Crippen LogP contribution in [0.2, 0.25) is 0 Å². The van der Waals surface area contributed by atoms with E-state index in [0.717, 1.165) is 17.5 Å². The number of carbonyl (C=O) groups is 1. The van der Waals surface area contributed by atoms with Gasteiger partial charge in [0.15, 0.2) is 11.5 Å². The van der Waals surface area contributed by atoms with E-state index in [0.29, 0.717) is 36.8 Å². The highest BCUT2D eigenvalue weighted by Crippen LogP contribution is 2.29. The van der Waals surface area contributed by atoms with Crippen molar-refractivity contribution in [3.8, 4) is 11.5 Å². The largest absolute Gasteiger partial charge is 0.490 e. The first-order valence-electron chi connectivity index (χ1n) is 9.22. The topological polar surface area (TPSA) is 73.3 Å². The third kappa shape index (κ3) is 5.54. The van der Waals surface area contributed by atoms with Crippen LogP contribution >= 0.6 is 0 Å². The van der Waals surface area contributed by atoms with E-state index in [1.807, 2.05) is 31.2 Å². The number of aromatic nitrogens is 2. The maximum Gasteiger partial charge on any atom is 0.251 e. The zero-order valence-electron chi connectivity index (χ0n) is 15.8. The normalized spacial score (nSPS) is 10.3. The summed E-state index contributed by atoms with van der Waals surface area (Å²) in [5.41, 5.74) is 2.57. The second kappa shape index (κ2) is 10.1. The predicted octanol–water partition coefficient (Wildman–Crippen LogP) is 3.43. The van der Waals surface area contributed by atoms with E-state index >= 15 is 0 Å². The molecule has 0 radical (unpaired) electrons. The van der Waals surface area contributed by atoms with Crippen LogP contribution in [0.3, 0.4) is 0 Å². The highest BCUT2D eigenvalue weighted by molar-refractivity contribution is 5.94. The van der Waals surface area contributed by atoms with Crippen LogP contribution in [0, 0.1) is 0 Å². The lowest BCUT2D eigenvalue weighted by Gasteiger charge is -2.13. The van der Waals surface area contributed by atoms with E-state index in [4.69, 9.17) is 9.47 Å². The number of hydrogen-bond donors (Lipinski definition) is 1. The monoisotopic (exact) mass is 377 g/mol. The smallest absolute Gasteiger partial charge is 0.251 e. The van der Waals surface area contributed by atoms with Crippen LogP contribution < -0.4 is 14.8 Å². The average molecular weight is 377 g/mol. The number of amides is 1. The summed E-state index contributed by atoms with van der Waals surface area (Å²) in [5.74, 6) is 0.993. The second-order valence-electron chi connectivity index (χ2n) is 6.11. The molecule has 0 unspecified atom stereocenters. The molecular weight excluding hydrogens is 354 g/mol. The van der Waals surface area contributed by atoms with E-state index in [1.165, 1.54) is 0 Å². The molecule has 144 valence electrons. The average Bonchev–Trinajstić information content (AvgIpc) is 2.74. The van der Waals surface area contributed by atoms with Gasteiger partial charge in [0.25, 0.3) is 5.91 Å². The Morgan fingerprint density at radius 1 is 0.964 bits per heavy atom. The predicted molar refractivity (Wildman–Crippen MR) is 106 cm³/mol. The third-order valence-corrected chi connectivity index (χ3v) is 4.04. The first-order chi connectivity index (χ1) is 13.8. The van der Waals surface area contributed by atoms with E-state index in [2.05, 4.69) is 15.3 Å². The molecule has 6 nitrogen and oxygen atoms in total. The van der Waals surface area contributed by atoms with Gasteiger partial charge in [-0.25, -0.2) is 0 Å². The van der Waals surface area contributed by atoms with Gasteiger partial charge in [-0.2, -0.15) is 0 Å². The maximum atomic E-state index is 12.5. The van der Waals surface area contributed by atoms with Gasteiger partial charge in [-0.15, -0.1) is 0 Å².